The molecule has 0 unspecified atom stereocenters. The Morgan fingerprint density at radius 1 is 1.14 bits per heavy atom. The number of fused-ring (bicyclic) bond motifs is 1. The van der Waals surface area contributed by atoms with Crippen LogP contribution in [0.25, 0.3) is 0 Å². The molecule has 21 heavy (non-hydrogen) atoms. The fourth-order valence-corrected chi connectivity index (χ4v) is 3.68. The first kappa shape index (κ1) is 14.3. The quantitative estimate of drug-likeness (QED) is 0.606. The van der Waals surface area contributed by atoms with E-state index in [1.54, 1.807) is 0 Å². The van der Waals surface area contributed by atoms with Crippen LogP contribution < -0.4 is 4.74 Å². The smallest absolute Gasteiger partial charge is 0.291 e. The van der Waals surface area contributed by atoms with Crippen LogP contribution in [-0.4, -0.2) is 16.5 Å². The SMILES string of the molecule is O=[N+]([O-])c1cnc2c(c1C1CCCCCCCC1)CCO2. The van der Waals surface area contributed by atoms with E-state index < -0.39 is 0 Å². The summed E-state index contributed by atoms with van der Waals surface area (Å²) in [4.78, 5) is 15.3. The van der Waals surface area contributed by atoms with Crippen molar-refractivity contribution < 1.29 is 9.66 Å². The fourth-order valence-electron chi connectivity index (χ4n) is 3.68. The van der Waals surface area contributed by atoms with Gasteiger partial charge in [-0.25, -0.2) is 4.98 Å². The lowest BCUT2D eigenvalue weighted by molar-refractivity contribution is -0.386. The maximum Gasteiger partial charge on any atom is 0.291 e. The van der Waals surface area contributed by atoms with E-state index in [1.165, 1.54) is 44.7 Å². The summed E-state index contributed by atoms with van der Waals surface area (Å²) < 4.78 is 5.51. The van der Waals surface area contributed by atoms with Crippen molar-refractivity contribution in [2.45, 2.75) is 63.7 Å². The molecule has 1 saturated carbocycles. The van der Waals surface area contributed by atoms with Crippen LogP contribution in [0, 0.1) is 10.1 Å². The zero-order valence-electron chi connectivity index (χ0n) is 12.3. The van der Waals surface area contributed by atoms with Gasteiger partial charge in [0, 0.05) is 17.5 Å². The molecule has 0 N–H and O–H groups in total. The van der Waals surface area contributed by atoms with Crippen LogP contribution >= 0.6 is 0 Å². The van der Waals surface area contributed by atoms with Gasteiger partial charge in [0.1, 0.15) is 6.20 Å². The molecule has 1 aliphatic carbocycles. The molecule has 1 fully saturated rings. The molecule has 1 aromatic rings. The summed E-state index contributed by atoms with van der Waals surface area (Å²) in [6, 6.07) is 0. The van der Waals surface area contributed by atoms with E-state index in [-0.39, 0.29) is 10.6 Å². The predicted octanol–water partition coefficient (Wildman–Crippen LogP) is 4.14. The number of pyridine rings is 1. The minimum absolute atomic E-state index is 0.198. The molecule has 0 bridgehead atoms. The van der Waals surface area contributed by atoms with E-state index in [2.05, 4.69) is 4.98 Å². The molecule has 5 nitrogen and oxygen atoms in total. The second-order valence-corrected chi connectivity index (χ2v) is 6.09. The Morgan fingerprint density at radius 2 is 1.81 bits per heavy atom. The number of nitro groups is 1. The third-order valence-corrected chi connectivity index (χ3v) is 4.71. The molecule has 3 rings (SSSR count). The first-order valence-corrected chi connectivity index (χ1v) is 8.06. The number of ether oxygens (including phenoxy) is 1. The maximum atomic E-state index is 11.4. The minimum Gasteiger partial charge on any atom is -0.477 e. The highest BCUT2D eigenvalue weighted by atomic mass is 16.6. The van der Waals surface area contributed by atoms with Gasteiger partial charge in [-0.15, -0.1) is 0 Å². The summed E-state index contributed by atoms with van der Waals surface area (Å²) in [6.07, 6.45) is 11.7. The summed E-state index contributed by atoms with van der Waals surface area (Å²) in [5.74, 6) is 0.914. The van der Waals surface area contributed by atoms with E-state index in [0.717, 1.165) is 30.4 Å². The number of nitrogens with zero attached hydrogens (tertiary/aromatic N) is 2. The molecule has 0 spiro atoms. The molecule has 2 aliphatic rings. The van der Waals surface area contributed by atoms with Crippen LogP contribution in [0.4, 0.5) is 5.69 Å². The largest absolute Gasteiger partial charge is 0.477 e. The maximum absolute atomic E-state index is 11.4. The van der Waals surface area contributed by atoms with Crippen molar-refractivity contribution in [1.29, 1.82) is 0 Å². The average Bonchev–Trinajstić information content (AvgIpc) is 2.98. The van der Waals surface area contributed by atoms with Crippen molar-refractivity contribution >= 4 is 5.69 Å². The second-order valence-electron chi connectivity index (χ2n) is 6.09. The Balaban J connectivity index is 1.97. The summed E-state index contributed by atoms with van der Waals surface area (Å²) in [7, 11) is 0. The van der Waals surface area contributed by atoms with Crippen LogP contribution in [0.5, 0.6) is 5.88 Å². The van der Waals surface area contributed by atoms with Gasteiger partial charge in [0.2, 0.25) is 5.88 Å². The van der Waals surface area contributed by atoms with Gasteiger partial charge in [-0.1, -0.05) is 38.5 Å². The lowest BCUT2D eigenvalue weighted by atomic mass is 9.86. The topological polar surface area (TPSA) is 65.3 Å². The Labute approximate surface area is 124 Å². The molecule has 1 aliphatic heterocycles. The molecule has 0 amide bonds. The fraction of sp³-hybridized carbons (Fsp3) is 0.688. The number of hydrogen-bond acceptors (Lipinski definition) is 4. The van der Waals surface area contributed by atoms with Gasteiger partial charge in [-0.3, -0.25) is 10.1 Å². The highest BCUT2D eigenvalue weighted by molar-refractivity contribution is 5.51. The zero-order valence-corrected chi connectivity index (χ0v) is 12.3. The first-order chi connectivity index (χ1) is 10.3. The number of aromatic nitrogens is 1. The van der Waals surface area contributed by atoms with Crippen molar-refractivity contribution in [2.75, 3.05) is 6.61 Å². The van der Waals surface area contributed by atoms with Crippen LogP contribution in [0.15, 0.2) is 6.20 Å². The van der Waals surface area contributed by atoms with Gasteiger partial charge in [0.25, 0.3) is 5.69 Å². The monoisotopic (exact) mass is 290 g/mol. The van der Waals surface area contributed by atoms with Crippen LogP contribution in [0.3, 0.4) is 0 Å². The van der Waals surface area contributed by atoms with Crippen LogP contribution in [0.2, 0.25) is 0 Å². The van der Waals surface area contributed by atoms with Gasteiger partial charge < -0.3 is 4.74 Å². The van der Waals surface area contributed by atoms with Gasteiger partial charge in [0.05, 0.1) is 11.5 Å². The first-order valence-electron chi connectivity index (χ1n) is 8.06. The summed E-state index contributed by atoms with van der Waals surface area (Å²) in [5, 5.41) is 11.4. The average molecular weight is 290 g/mol. The lowest BCUT2D eigenvalue weighted by Crippen LogP contribution is -2.07. The van der Waals surface area contributed by atoms with Crippen molar-refractivity contribution in [2.24, 2.45) is 0 Å². The van der Waals surface area contributed by atoms with Crippen molar-refractivity contribution in [3.05, 3.63) is 27.4 Å². The standard InChI is InChI=1S/C16H22N2O3/c19-18(20)14-11-17-16-13(9-10-21-16)15(14)12-7-5-3-1-2-4-6-8-12/h11-12H,1-10H2. The summed E-state index contributed by atoms with van der Waals surface area (Å²) in [6.45, 7) is 0.600. The molecule has 2 heterocycles. The molecule has 0 aromatic carbocycles. The van der Waals surface area contributed by atoms with Crippen molar-refractivity contribution in [3.8, 4) is 5.88 Å². The molecule has 5 heteroatoms. The Bertz CT molecular complexity index is 520. The van der Waals surface area contributed by atoms with Crippen molar-refractivity contribution in [3.63, 3.8) is 0 Å². The lowest BCUT2D eigenvalue weighted by Gasteiger charge is -2.18. The molecule has 0 atom stereocenters. The Hall–Kier alpha value is -1.65. The van der Waals surface area contributed by atoms with E-state index in [0.29, 0.717) is 18.4 Å². The molecule has 1 aromatic heterocycles. The molecule has 0 saturated heterocycles. The molecule has 0 radical (unpaired) electrons. The Kier molecular flexibility index (Phi) is 4.36. The highest BCUT2D eigenvalue weighted by Crippen LogP contribution is 2.41. The van der Waals surface area contributed by atoms with Crippen molar-refractivity contribution in [1.82, 2.24) is 4.98 Å². The molecular weight excluding hydrogens is 268 g/mol. The van der Waals surface area contributed by atoms with Gasteiger partial charge in [-0.2, -0.15) is 0 Å². The third-order valence-electron chi connectivity index (χ3n) is 4.71. The van der Waals surface area contributed by atoms with Crippen LogP contribution in [0.1, 0.15) is 68.4 Å². The van der Waals surface area contributed by atoms with Gasteiger partial charge in [0.15, 0.2) is 0 Å². The van der Waals surface area contributed by atoms with E-state index in [1.807, 2.05) is 0 Å². The molecule has 114 valence electrons. The van der Waals surface area contributed by atoms with E-state index in [4.69, 9.17) is 4.74 Å². The molecular formula is C16H22N2O3. The third kappa shape index (κ3) is 3.01. The summed E-state index contributed by atoms with van der Waals surface area (Å²) in [5.41, 5.74) is 2.11. The highest BCUT2D eigenvalue weighted by Gasteiger charge is 2.31. The van der Waals surface area contributed by atoms with Gasteiger partial charge >= 0.3 is 0 Å². The predicted molar refractivity (Wildman–Crippen MR) is 79.8 cm³/mol. The number of rotatable bonds is 2. The van der Waals surface area contributed by atoms with E-state index in [9.17, 15) is 10.1 Å². The van der Waals surface area contributed by atoms with E-state index >= 15 is 0 Å². The minimum atomic E-state index is -0.270. The normalized spacial score (nSPS) is 20.0. The zero-order chi connectivity index (χ0) is 14.7. The number of hydrogen-bond donors (Lipinski definition) is 0. The second kappa shape index (κ2) is 6.41. The Morgan fingerprint density at radius 3 is 2.48 bits per heavy atom. The summed E-state index contributed by atoms with van der Waals surface area (Å²) >= 11 is 0. The van der Waals surface area contributed by atoms with Crippen LogP contribution in [-0.2, 0) is 6.42 Å². The van der Waals surface area contributed by atoms with Gasteiger partial charge in [-0.05, 0) is 18.8 Å².